The summed E-state index contributed by atoms with van der Waals surface area (Å²) in [5.74, 6) is 0. The lowest BCUT2D eigenvalue weighted by Crippen LogP contribution is -1.95. The normalized spacial score (nSPS) is 12.1. The van der Waals surface area contributed by atoms with Gasteiger partial charge < -0.3 is 9.13 Å². The summed E-state index contributed by atoms with van der Waals surface area (Å²) < 4.78 is 4.77. The third kappa shape index (κ3) is 3.20. The van der Waals surface area contributed by atoms with Crippen LogP contribution in [-0.2, 0) is 0 Å². The molecule has 0 radical (unpaired) electrons. The minimum atomic E-state index is 1.16. The van der Waals surface area contributed by atoms with Gasteiger partial charge in [0.2, 0.25) is 0 Å². The lowest BCUT2D eigenvalue weighted by Gasteiger charge is -2.15. The molecule has 0 saturated heterocycles. The quantitative estimate of drug-likeness (QED) is 0.191. The van der Waals surface area contributed by atoms with Crippen molar-refractivity contribution in [1.29, 1.82) is 0 Å². The van der Waals surface area contributed by atoms with Crippen LogP contribution >= 0.6 is 0 Å². The molecule has 2 nitrogen and oxygen atoms in total. The van der Waals surface area contributed by atoms with Gasteiger partial charge in [0, 0.05) is 33.7 Å². The number of rotatable bonds is 3. The van der Waals surface area contributed by atoms with Crippen LogP contribution in [0, 0.1) is 0 Å². The highest BCUT2D eigenvalue weighted by atomic mass is 15.0. The van der Waals surface area contributed by atoms with Gasteiger partial charge in [-0.25, -0.2) is 0 Å². The average molecular weight is 559 g/mol. The van der Waals surface area contributed by atoms with Crippen molar-refractivity contribution in [1.82, 2.24) is 9.13 Å². The highest BCUT2D eigenvalue weighted by Gasteiger charge is 2.18. The van der Waals surface area contributed by atoms with Crippen molar-refractivity contribution >= 4 is 65.0 Å². The van der Waals surface area contributed by atoms with Crippen molar-refractivity contribution in [3.05, 3.63) is 158 Å². The standard InChI is InChI=1S/C42H26N2/c1-2-11-32(12-3-1)43-25-24-30-20-23-38-41(42(30)43)36-14-4-5-15-37(36)44(38)33-13-7-10-31(26-33)34-21-18-29-17-16-27-8-6-9-28-19-22-35(34)40(29)39(27)28/h1-26H. The molecule has 2 aromatic heterocycles. The molecular weight excluding hydrogens is 532 g/mol. The molecule has 2 heterocycles. The van der Waals surface area contributed by atoms with Gasteiger partial charge in [-0.2, -0.15) is 0 Å². The smallest absolute Gasteiger partial charge is 0.0628 e. The van der Waals surface area contributed by atoms with Crippen LogP contribution in [0.1, 0.15) is 0 Å². The molecule has 0 aliphatic carbocycles. The first kappa shape index (κ1) is 23.7. The van der Waals surface area contributed by atoms with E-state index in [1.54, 1.807) is 0 Å². The van der Waals surface area contributed by atoms with E-state index in [0.29, 0.717) is 0 Å². The van der Waals surface area contributed by atoms with Gasteiger partial charge in [-0.15, -0.1) is 0 Å². The molecule has 204 valence electrons. The van der Waals surface area contributed by atoms with Gasteiger partial charge in [0.25, 0.3) is 0 Å². The highest BCUT2D eigenvalue weighted by Crippen LogP contribution is 2.41. The average Bonchev–Trinajstić information content (AvgIpc) is 3.67. The predicted octanol–water partition coefficient (Wildman–Crippen LogP) is 11.3. The molecule has 0 aliphatic rings. The van der Waals surface area contributed by atoms with Gasteiger partial charge in [0.05, 0.1) is 16.6 Å². The molecule has 0 spiro atoms. The largest absolute Gasteiger partial charge is 0.316 e. The van der Waals surface area contributed by atoms with Crippen LogP contribution in [0.4, 0.5) is 0 Å². The van der Waals surface area contributed by atoms with Crippen molar-refractivity contribution in [2.24, 2.45) is 0 Å². The monoisotopic (exact) mass is 558 g/mol. The van der Waals surface area contributed by atoms with E-state index in [9.17, 15) is 0 Å². The number of aromatic nitrogens is 2. The molecule has 0 aliphatic heterocycles. The molecule has 0 amide bonds. The topological polar surface area (TPSA) is 9.86 Å². The van der Waals surface area contributed by atoms with Crippen molar-refractivity contribution in [3.63, 3.8) is 0 Å². The summed E-state index contributed by atoms with van der Waals surface area (Å²) in [7, 11) is 0. The summed E-state index contributed by atoms with van der Waals surface area (Å²) in [5, 5.41) is 11.7. The van der Waals surface area contributed by atoms with Crippen LogP contribution < -0.4 is 0 Å². The molecule has 10 aromatic rings. The van der Waals surface area contributed by atoms with Gasteiger partial charge in [0.1, 0.15) is 0 Å². The second-order valence-corrected chi connectivity index (χ2v) is 11.8. The molecule has 10 rings (SSSR count). The second-order valence-electron chi connectivity index (χ2n) is 11.8. The fraction of sp³-hybridized carbons (Fsp3) is 0. The van der Waals surface area contributed by atoms with E-state index in [-0.39, 0.29) is 0 Å². The maximum absolute atomic E-state index is 2.44. The summed E-state index contributed by atoms with van der Waals surface area (Å²) in [6, 6.07) is 55.6. The molecule has 0 unspecified atom stereocenters. The summed E-state index contributed by atoms with van der Waals surface area (Å²) in [6.45, 7) is 0. The van der Waals surface area contributed by atoms with E-state index in [2.05, 4.69) is 167 Å². The third-order valence-corrected chi connectivity index (χ3v) is 9.46. The SMILES string of the molecule is c1ccc(-n2ccc3ccc4c(c5ccccc5n4-c4cccc(-c5ccc6ccc7cccc8ccc5c6c78)c4)c32)cc1. The van der Waals surface area contributed by atoms with Crippen LogP contribution in [-0.4, -0.2) is 9.13 Å². The lowest BCUT2D eigenvalue weighted by atomic mass is 9.90. The lowest BCUT2D eigenvalue weighted by molar-refractivity contribution is 1.13. The Bertz CT molecular complexity index is 2690. The first-order valence-corrected chi connectivity index (χ1v) is 15.2. The van der Waals surface area contributed by atoms with E-state index in [1.165, 1.54) is 81.8 Å². The molecule has 0 saturated carbocycles. The Morgan fingerprint density at radius 2 is 1.09 bits per heavy atom. The fourth-order valence-electron chi connectivity index (χ4n) is 7.56. The van der Waals surface area contributed by atoms with Crippen molar-refractivity contribution < 1.29 is 0 Å². The summed E-state index contributed by atoms with van der Waals surface area (Å²) in [6.07, 6.45) is 2.19. The number of hydrogen-bond acceptors (Lipinski definition) is 0. The number of benzene rings is 8. The Balaban J connectivity index is 1.24. The van der Waals surface area contributed by atoms with Crippen LogP contribution in [0.5, 0.6) is 0 Å². The summed E-state index contributed by atoms with van der Waals surface area (Å²) >= 11 is 0. The molecule has 2 heteroatoms. The van der Waals surface area contributed by atoms with E-state index in [4.69, 9.17) is 0 Å². The van der Waals surface area contributed by atoms with Crippen molar-refractivity contribution in [2.45, 2.75) is 0 Å². The number of hydrogen-bond donors (Lipinski definition) is 0. The van der Waals surface area contributed by atoms with Crippen molar-refractivity contribution in [2.75, 3.05) is 0 Å². The van der Waals surface area contributed by atoms with Crippen molar-refractivity contribution in [3.8, 4) is 22.5 Å². The molecule has 0 bridgehead atoms. The zero-order chi connectivity index (χ0) is 28.8. The molecule has 0 fully saturated rings. The fourth-order valence-corrected chi connectivity index (χ4v) is 7.56. The highest BCUT2D eigenvalue weighted by molar-refractivity contribution is 6.25. The Labute approximate surface area is 254 Å². The second kappa shape index (κ2) is 8.82. The first-order valence-electron chi connectivity index (χ1n) is 15.2. The maximum Gasteiger partial charge on any atom is 0.0628 e. The molecule has 8 aromatic carbocycles. The van der Waals surface area contributed by atoms with Gasteiger partial charge in [-0.05, 0) is 85.9 Å². The van der Waals surface area contributed by atoms with Crippen LogP contribution in [0.25, 0.3) is 87.5 Å². The number of para-hydroxylation sites is 2. The van der Waals surface area contributed by atoms with E-state index >= 15 is 0 Å². The first-order chi connectivity index (χ1) is 21.8. The summed E-state index contributed by atoms with van der Waals surface area (Å²) in [5.41, 5.74) is 8.48. The predicted molar refractivity (Wildman–Crippen MR) is 187 cm³/mol. The minimum absolute atomic E-state index is 1.16. The maximum atomic E-state index is 2.44. The van der Waals surface area contributed by atoms with E-state index in [0.717, 1.165) is 5.69 Å². The Morgan fingerprint density at radius 3 is 1.98 bits per heavy atom. The molecular formula is C42H26N2. The van der Waals surface area contributed by atoms with Gasteiger partial charge in [0.15, 0.2) is 0 Å². The van der Waals surface area contributed by atoms with E-state index in [1.807, 2.05) is 0 Å². The molecule has 44 heavy (non-hydrogen) atoms. The Hall–Kier alpha value is -5.86. The van der Waals surface area contributed by atoms with Crippen LogP contribution in [0.15, 0.2) is 158 Å². The molecule has 0 N–H and O–H groups in total. The van der Waals surface area contributed by atoms with Gasteiger partial charge in [-0.3, -0.25) is 0 Å². The zero-order valence-corrected chi connectivity index (χ0v) is 23.9. The Kier molecular flexibility index (Phi) is 4.75. The van der Waals surface area contributed by atoms with Crippen LogP contribution in [0.3, 0.4) is 0 Å². The Morgan fingerprint density at radius 1 is 0.386 bits per heavy atom. The summed E-state index contributed by atoms with van der Waals surface area (Å²) in [4.78, 5) is 0. The van der Waals surface area contributed by atoms with Crippen LogP contribution in [0.2, 0.25) is 0 Å². The number of fused-ring (bicyclic) bond motifs is 5. The van der Waals surface area contributed by atoms with Gasteiger partial charge >= 0.3 is 0 Å². The third-order valence-electron chi connectivity index (χ3n) is 9.46. The molecule has 0 atom stereocenters. The van der Waals surface area contributed by atoms with E-state index < -0.39 is 0 Å². The zero-order valence-electron chi connectivity index (χ0n) is 23.9. The van der Waals surface area contributed by atoms with Gasteiger partial charge in [-0.1, -0.05) is 109 Å². The minimum Gasteiger partial charge on any atom is -0.316 e. The number of nitrogens with zero attached hydrogens (tertiary/aromatic N) is 2.